The average Bonchev–Trinajstić information content (AvgIpc) is 3.28. The van der Waals surface area contributed by atoms with Crippen molar-refractivity contribution in [1.29, 1.82) is 0 Å². The van der Waals surface area contributed by atoms with Crippen molar-refractivity contribution in [1.82, 2.24) is 9.88 Å². The summed E-state index contributed by atoms with van der Waals surface area (Å²) in [6, 6.07) is 10.6. The molecule has 0 bridgehead atoms. The lowest BCUT2D eigenvalue weighted by Crippen LogP contribution is -2.43. The van der Waals surface area contributed by atoms with Gasteiger partial charge in [0, 0.05) is 31.7 Å². The number of hydrogen-bond acceptors (Lipinski definition) is 5. The molecule has 0 N–H and O–H groups in total. The number of nitrogens with zero attached hydrogens (tertiary/aromatic N) is 3. The largest absolute Gasteiger partial charge is 0.379 e. The monoisotopic (exact) mass is 449 g/mol. The Balaban J connectivity index is 1.48. The molecular weight excluding hydrogens is 418 g/mol. The first-order chi connectivity index (χ1) is 15.6. The van der Waals surface area contributed by atoms with Crippen LogP contribution in [0.3, 0.4) is 0 Å². The van der Waals surface area contributed by atoms with Crippen LogP contribution in [0.5, 0.6) is 0 Å². The molecule has 0 radical (unpaired) electrons. The lowest BCUT2D eigenvalue weighted by molar-refractivity contribution is 0.0391. The predicted molar refractivity (Wildman–Crippen MR) is 131 cm³/mol. The molecule has 1 aromatic heterocycles. The Morgan fingerprint density at radius 2 is 1.81 bits per heavy atom. The zero-order chi connectivity index (χ0) is 22.1. The van der Waals surface area contributed by atoms with E-state index in [-0.39, 0.29) is 5.91 Å². The minimum absolute atomic E-state index is 0.0565. The van der Waals surface area contributed by atoms with Crippen molar-refractivity contribution in [3.8, 4) is 0 Å². The maximum atomic E-state index is 13.8. The number of amides is 1. The molecule has 168 valence electrons. The topological polar surface area (TPSA) is 45.7 Å². The number of fused-ring (bicyclic) bond motifs is 2. The number of rotatable bonds is 5. The molecule has 2 heterocycles. The summed E-state index contributed by atoms with van der Waals surface area (Å²) in [7, 11) is 0. The third-order valence-electron chi connectivity index (χ3n) is 6.75. The molecular formula is C26H31N3O2S. The normalized spacial score (nSPS) is 16.8. The summed E-state index contributed by atoms with van der Waals surface area (Å²) >= 11 is 1.64. The number of anilines is 1. The van der Waals surface area contributed by atoms with Gasteiger partial charge in [-0.25, -0.2) is 4.98 Å². The third-order valence-corrected chi connectivity index (χ3v) is 7.96. The first-order valence-corrected chi connectivity index (χ1v) is 12.5. The first-order valence-electron chi connectivity index (χ1n) is 11.7. The Hall–Kier alpha value is -2.28. The van der Waals surface area contributed by atoms with Crippen LogP contribution in [0, 0.1) is 13.8 Å². The van der Waals surface area contributed by atoms with Crippen molar-refractivity contribution in [2.45, 2.75) is 39.5 Å². The molecule has 0 atom stereocenters. The minimum atomic E-state index is 0.0565. The number of aromatic nitrogens is 1. The number of carbonyl (C=O) groups excluding carboxylic acids is 1. The second-order valence-corrected chi connectivity index (χ2v) is 9.95. The zero-order valence-electron chi connectivity index (χ0n) is 19.0. The van der Waals surface area contributed by atoms with Crippen molar-refractivity contribution in [2.24, 2.45) is 0 Å². The van der Waals surface area contributed by atoms with E-state index in [1.54, 1.807) is 11.3 Å². The number of ether oxygens (including phenoxy) is 1. The second kappa shape index (κ2) is 9.30. The molecule has 1 fully saturated rings. The van der Waals surface area contributed by atoms with Gasteiger partial charge in [-0.15, -0.1) is 0 Å². The number of hydrogen-bond donors (Lipinski definition) is 0. The fraction of sp³-hybridized carbons (Fsp3) is 0.462. The lowest BCUT2D eigenvalue weighted by atomic mass is 9.90. The maximum absolute atomic E-state index is 13.8. The summed E-state index contributed by atoms with van der Waals surface area (Å²) in [6.07, 6.45) is 4.66. The summed E-state index contributed by atoms with van der Waals surface area (Å²) in [4.78, 5) is 23.0. The Bertz CT molecular complexity index is 1090. The van der Waals surface area contributed by atoms with Gasteiger partial charge in [0.15, 0.2) is 5.13 Å². The molecule has 0 saturated carbocycles. The summed E-state index contributed by atoms with van der Waals surface area (Å²) in [5.74, 6) is 0.0565. The first kappa shape index (κ1) is 21.6. The van der Waals surface area contributed by atoms with E-state index in [0.29, 0.717) is 6.54 Å². The molecule has 5 rings (SSSR count). The van der Waals surface area contributed by atoms with Gasteiger partial charge in [0.25, 0.3) is 5.91 Å². The van der Waals surface area contributed by atoms with Gasteiger partial charge in [0.2, 0.25) is 0 Å². The highest BCUT2D eigenvalue weighted by atomic mass is 32.1. The molecule has 0 spiro atoms. The molecule has 5 nitrogen and oxygen atoms in total. The smallest absolute Gasteiger partial charge is 0.260 e. The van der Waals surface area contributed by atoms with Crippen LogP contribution in [0.2, 0.25) is 0 Å². The fourth-order valence-electron chi connectivity index (χ4n) is 4.74. The van der Waals surface area contributed by atoms with E-state index in [9.17, 15) is 4.79 Å². The second-order valence-electron chi connectivity index (χ2n) is 8.97. The molecule has 2 aromatic carbocycles. The lowest BCUT2D eigenvalue weighted by Gasteiger charge is -2.29. The molecule has 2 aliphatic rings. The van der Waals surface area contributed by atoms with Crippen molar-refractivity contribution in [3.05, 3.63) is 58.1 Å². The highest BCUT2D eigenvalue weighted by Gasteiger charge is 2.24. The van der Waals surface area contributed by atoms with Gasteiger partial charge in [0.1, 0.15) is 0 Å². The number of benzene rings is 2. The van der Waals surface area contributed by atoms with Gasteiger partial charge < -0.3 is 4.74 Å². The molecule has 32 heavy (non-hydrogen) atoms. The van der Waals surface area contributed by atoms with Gasteiger partial charge in [-0.2, -0.15) is 0 Å². The predicted octanol–water partition coefficient (Wildman–Crippen LogP) is 4.77. The average molecular weight is 450 g/mol. The summed E-state index contributed by atoms with van der Waals surface area (Å²) in [6.45, 7) is 9.03. The van der Waals surface area contributed by atoms with Crippen molar-refractivity contribution < 1.29 is 9.53 Å². The zero-order valence-corrected chi connectivity index (χ0v) is 19.8. The van der Waals surface area contributed by atoms with Gasteiger partial charge >= 0.3 is 0 Å². The Labute approximate surface area is 194 Å². The highest BCUT2D eigenvalue weighted by molar-refractivity contribution is 7.22. The fourth-order valence-corrected chi connectivity index (χ4v) is 5.87. The van der Waals surface area contributed by atoms with Crippen LogP contribution >= 0.6 is 11.3 Å². The Morgan fingerprint density at radius 3 is 2.59 bits per heavy atom. The molecule has 1 aliphatic heterocycles. The van der Waals surface area contributed by atoms with E-state index in [1.807, 2.05) is 11.0 Å². The van der Waals surface area contributed by atoms with E-state index in [1.165, 1.54) is 34.2 Å². The molecule has 3 aromatic rings. The molecule has 1 amide bonds. The van der Waals surface area contributed by atoms with Crippen LogP contribution in [-0.2, 0) is 17.6 Å². The van der Waals surface area contributed by atoms with Crippen LogP contribution in [0.4, 0.5) is 5.13 Å². The van der Waals surface area contributed by atoms with Crippen LogP contribution in [0.25, 0.3) is 10.2 Å². The number of carbonyl (C=O) groups is 1. The molecule has 6 heteroatoms. The highest BCUT2D eigenvalue weighted by Crippen LogP contribution is 2.34. The summed E-state index contributed by atoms with van der Waals surface area (Å²) in [5.41, 5.74) is 6.90. The van der Waals surface area contributed by atoms with E-state index < -0.39 is 0 Å². The Kier molecular flexibility index (Phi) is 6.26. The van der Waals surface area contributed by atoms with Crippen LogP contribution in [-0.4, -0.2) is 55.2 Å². The number of aryl methyl sites for hydroxylation is 4. The van der Waals surface area contributed by atoms with E-state index in [0.717, 1.165) is 67.5 Å². The van der Waals surface area contributed by atoms with Gasteiger partial charge in [-0.1, -0.05) is 29.5 Å². The SMILES string of the molecule is Cc1ccc(C)c2sc(N(CCN3CCOCC3)C(=O)c3ccc4c(c3)CCCC4)nc12. The molecule has 1 saturated heterocycles. The summed E-state index contributed by atoms with van der Waals surface area (Å²) < 4.78 is 6.67. The summed E-state index contributed by atoms with van der Waals surface area (Å²) in [5, 5.41) is 0.799. The van der Waals surface area contributed by atoms with Gasteiger partial charge in [-0.05, 0) is 73.9 Å². The van der Waals surface area contributed by atoms with Crippen LogP contribution in [0.1, 0.15) is 45.5 Å². The number of thiazole rings is 1. The Morgan fingerprint density at radius 1 is 1.06 bits per heavy atom. The van der Waals surface area contributed by atoms with Crippen molar-refractivity contribution in [3.63, 3.8) is 0 Å². The third kappa shape index (κ3) is 4.32. The standard InChI is InChI=1S/C26H31N3O2S/c1-18-7-8-19(2)24-23(18)27-26(32-24)29(12-11-28-13-15-31-16-14-28)25(30)22-10-9-20-5-3-4-6-21(20)17-22/h7-10,17H,3-6,11-16H2,1-2H3. The van der Waals surface area contributed by atoms with E-state index >= 15 is 0 Å². The van der Waals surface area contributed by atoms with Crippen LogP contribution in [0.15, 0.2) is 30.3 Å². The van der Waals surface area contributed by atoms with Crippen LogP contribution < -0.4 is 4.90 Å². The molecule has 1 aliphatic carbocycles. The maximum Gasteiger partial charge on any atom is 0.260 e. The van der Waals surface area contributed by atoms with Crippen molar-refractivity contribution in [2.75, 3.05) is 44.3 Å². The molecule has 0 unspecified atom stereocenters. The number of morpholine rings is 1. The van der Waals surface area contributed by atoms with Crippen molar-refractivity contribution >= 4 is 32.6 Å². The van der Waals surface area contributed by atoms with Gasteiger partial charge in [0.05, 0.1) is 23.4 Å². The quantitative estimate of drug-likeness (QED) is 0.563. The van der Waals surface area contributed by atoms with Gasteiger partial charge in [-0.3, -0.25) is 14.6 Å². The van der Waals surface area contributed by atoms with E-state index in [4.69, 9.17) is 9.72 Å². The van der Waals surface area contributed by atoms with E-state index in [2.05, 4.69) is 43.0 Å². The minimum Gasteiger partial charge on any atom is -0.379 e.